The monoisotopic (exact) mass is 453 g/mol. The van der Waals surface area contributed by atoms with Crippen molar-refractivity contribution in [3.05, 3.63) is 90.3 Å². The maximum atomic E-state index is 12.7. The van der Waals surface area contributed by atoms with Gasteiger partial charge in [-0.3, -0.25) is 9.59 Å². The lowest BCUT2D eigenvalue weighted by molar-refractivity contribution is -0.119. The standard InChI is InChI=1S/C27H27N5O2/c1-17(2)24(25(28)33)32-26-21-10-6-7-11-22(21)30-23(31-26)16-29-27(34)20-14-12-19(13-15-20)18-8-4-3-5-9-18/h3-15,17,24H,16H2,1-2H3,(H2,28,33)(H,29,34)(H,30,31,32)/t24-/m0/s1. The topological polar surface area (TPSA) is 110 Å². The summed E-state index contributed by atoms with van der Waals surface area (Å²) in [4.78, 5) is 33.8. The molecule has 4 N–H and O–H groups in total. The molecular weight excluding hydrogens is 426 g/mol. The highest BCUT2D eigenvalue weighted by atomic mass is 16.2. The zero-order valence-electron chi connectivity index (χ0n) is 19.2. The first-order valence-corrected chi connectivity index (χ1v) is 11.2. The summed E-state index contributed by atoms with van der Waals surface area (Å²) in [5.74, 6) is 0.254. The molecule has 4 aromatic rings. The highest BCUT2D eigenvalue weighted by Crippen LogP contribution is 2.23. The molecule has 34 heavy (non-hydrogen) atoms. The highest BCUT2D eigenvalue weighted by Gasteiger charge is 2.21. The Hall–Kier alpha value is -4.26. The number of carbonyl (C=O) groups excluding carboxylic acids is 2. The third-order valence-corrected chi connectivity index (χ3v) is 5.58. The van der Waals surface area contributed by atoms with Crippen LogP contribution in [-0.4, -0.2) is 27.8 Å². The smallest absolute Gasteiger partial charge is 0.251 e. The molecule has 0 fully saturated rings. The minimum Gasteiger partial charge on any atom is -0.368 e. The maximum Gasteiger partial charge on any atom is 0.251 e. The summed E-state index contributed by atoms with van der Waals surface area (Å²) >= 11 is 0. The lowest BCUT2D eigenvalue weighted by Gasteiger charge is -2.21. The molecule has 0 bridgehead atoms. The highest BCUT2D eigenvalue weighted by molar-refractivity contribution is 5.95. The van der Waals surface area contributed by atoms with E-state index in [9.17, 15) is 9.59 Å². The second-order valence-electron chi connectivity index (χ2n) is 8.40. The van der Waals surface area contributed by atoms with Crippen molar-refractivity contribution in [1.82, 2.24) is 15.3 Å². The van der Waals surface area contributed by atoms with Gasteiger partial charge in [0.05, 0.1) is 12.1 Å². The van der Waals surface area contributed by atoms with E-state index in [0.717, 1.165) is 16.5 Å². The number of nitrogens with two attached hydrogens (primary N) is 1. The normalized spacial score (nSPS) is 11.9. The minimum atomic E-state index is -0.580. The van der Waals surface area contributed by atoms with Crippen LogP contribution in [-0.2, 0) is 11.3 Å². The molecule has 7 heteroatoms. The Morgan fingerprint density at radius 1 is 0.853 bits per heavy atom. The first kappa shape index (κ1) is 22.9. The van der Waals surface area contributed by atoms with Gasteiger partial charge >= 0.3 is 0 Å². The Bertz CT molecular complexity index is 1300. The second-order valence-corrected chi connectivity index (χ2v) is 8.40. The average molecular weight is 454 g/mol. The Labute approximate surface area is 198 Å². The first-order chi connectivity index (χ1) is 16.4. The Balaban J connectivity index is 1.52. The molecule has 0 spiro atoms. The number of hydrogen-bond donors (Lipinski definition) is 3. The Kier molecular flexibility index (Phi) is 6.82. The molecule has 1 aromatic heterocycles. The van der Waals surface area contributed by atoms with Gasteiger partial charge < -0.3 is 16.4 Å². The van der Waals surface area contributed by atoms with Gasteiger partial charge in [-0.2, -0.15) is 0 Å². The summed E-state index contributed by atoms with van der Waals surface area (Å²) in [6, 6.07) is 24.4. The van der Waals surface area contributed by atoms with Crippen LogP contribution < -0.4 is 16.4 Å². The van der Waals surface area contributed by atoms with E-state index in [1.807, 2.05) is 80.6 Å². The summed E-state index contributed by atoms with van der Waals surface area (Å²) in [5, 5.41) is 6.82. The molecule has 7 nitrogen and oxygen atoms in total. The van der Waals surface area contributed by atoms with E-state index in [1.54, 1.807) is 12.1 Å². The summed E-state index contributed by atoms with van der Waals surface area (Å²) in [7, 11) is 0. The van der Waals surface area contributed by atoms with Gasteiger partial charge in [-0.05, 0) is 41.3 Å². The zero-order valence-corrected chi connectivity index (χ0v) is 19.2. The van der Waals surface area contributed by atoms with E-state index < -0.39 is 11.9 Å². The zero-order chi connectivity index (χ0) is 24.1. The number of hydrogen-bond acceptors (Lipinski definition) is 5. The number of fused-ring (bicyclic) bond motifs is 1. The van der Waals surface area contributed by atoms with Gasteiger partial charge in [0.2, 0.25) is 5.91 Å². The summed E-state index contributed by atoms with van der Waals surface area (Å²) in [6.45, 7) is 3.97. The predicted octanol–water partition coefficient (Wildman–Crippen LogP) is 4.15. The van der Waals surface area contributed by atoms with Gasteiger partial charge in [-0.15, -0.1) is 0 Å². The van der Waals surface area contributed by atoms with Gasteiger partial charge in [0.25, 0.3) is 5.91 Å². The molecule has 172 valence electrons. The van der Waals surface area contributed by atoms with Crippen LogP contribution in [0.2, 0.25) is 0 Å². The molecule has 3 aromatic carbocycles. The van der Waals surface area contributed by atoms with Crippen molar-refractivity contribution in [2.75, 3.05) is 5.32 Å². The number of rotatable bonds is 8. The summed E-state index contributed by atoms with van der Waals surface area (Å²) in [6.07, 6.45) is 0. The number of nitrogens with one attached hydrogen (secondary N) is 2. The van der Waals surface area contributed by atoms with Crippen LogP contribution in [0.15, 0.2) is 78.9 Å². The molecule has 1 atom stereocenters. The molecule has 0 unspecified atom stereocenters. The summed E-state index contributed by atoms with van der Waals surface area (Å²) in [5.41, 5.74) is 8.97. The van der Waals surface area contributed by atoms with Crippen LogP contribution in [0.1, 0.15) is 30.0 Å². The number of anilines is 1. The van der Waals surface area contributed by atoms with Gasteiger partial charge in [0, 0.05) is 10.9 Å². The number of para-hydroxylation sites is 1. The second kappa shape index (κ2) is 10.1. The van der Waals surface area contributed by atoms with Crippen molar-refractivity contribution in [3.63, 3.8) is 0 Å². The number of benzene rings is 3. The molecule has 4 rings (SSSR count). The van der Waals surface area contributed by atoms with Crippen LogP contribution in [0, 0.1) is 5.92 Å². The number of carbonyl (C=O) groups is 2. The van der Waals surface area contributed by atoms with Gasteiger partial charge in [-0.1, -0.05) is 68.4 Å². The van der Waals surface area contributed by atoms with E-state index in [2.05, 4.69) is 20.6 Å². The number of nitrogens with zero attached hydrogens (tertiary/aromatic N) is 2. The molecular formula is C27H27N5O2. The molecule has 0 saturated heterocycles. The van der Waals surface area contributed by atoms with Gasteiger partial charge in [0.15, 0.2) is 5.82 Å². The number of primary amides is 1. The van der Waals surface area contributed by atoms with E-state index in [4.69, 9.17) is 5.73 Å². The van der Waals surface area contributed by atoms with Gasteiger partial charge in [0.1, 0.15) is 11.9 Å². The van der Waals surface area contributed by atoms with Gasteiger partial charge in [-0.25, -0.2) is 9.97 Å². The molecule has 0 aliphatic carbocycles. The van der Waals surface area contributed by atoms with Crippen LogP contribution in [0.3, 0.4) is 0 Å². The minimum absolute atomic E-state index is 0.0201. The van der Waals surface area contributed by atoms with Crippen LogP contribution in [0.4, 0.5) is 5.82 Å². The van der Waals surface area contributed by atoms with E-state index in [1.165, 1.54) is 0 Å². The average Bonchev–Trinajstić information content (AvgIpc) is 2.86. The SMILES string of the molecule is CC(C)[C@H](Nc1nc(CNC(=O)c2ccc(-c3ccccc3)cc2)nc2ccccc12)C(N)=O. The third kappa shape index (κ3) is 5.20. The lowest BCUT2D eigenvalue weighted by atomic mass is 10.0. The largest absolute Gasteiger partial charge is 0.368 e. The Morgan fingerprint density at radius 2 is 1.50 bits per heavy atom. The third-order valence-electron chi connectivity index (χ3n) is 5.58. The maximum absolute atomic E-state index is 12.7. The van der Waals surface area contributed by atoms with Crippen molar-refractivity contribution in [1.29, 1.82) is 0 Å². The van der Waals surface area contributed by atoms with Crippen molar-refractivity contribution in [2.24, 2.45) is 11.7 Å². The predicted molar refractivity (Wildman–Crippen MR) is 134 cm³/mol. The molecule has 0 aliphatic rings. The van der Waals surface area contributed by atoms with Crippen molar-refractivity contribution in [2.45, 2.75) is 26.4 Å². The van der Waals surface area contributed by atoms with Crippen LogP contribution in [0.5, 0.6) is 0 Å². The first-order valence-electron chi connectivity index (χ1n) is 11.2. The molecule has 0 saturated carbocycles. The lowest BCUT2D eigenvalue weighted by Crippen LogP contribution is -2.40. The summed E-state index contributed by atoms with van der Waals surface area (Å²) < 4.78 is 0. The Morgan fingerprint density at radius 3 is 2.18 bits per heavy atom. The molecule has 0 aliphatic heterocycles. The fourth-order valence-corrected chi connectivity index (χ4v) is 3.73. The van der Waals surface area contributed by atoms with Crippen LogP contribution >= 0.6 is 0 Å². The van der Waals surface area contributed by atoms with Crippen molar-refractivity contribution in [3.8, 4) is 11.1 Å². The van der Waals surface area contributed by atoms with Crippen molar-refractivity contribution >= 4 is 28.5 Å². The molecule has 2 amide bonds. The fourth-order valence-electron chi connectivity index (χ4n) is 3.73. The number of amides is 2. The van der Waals surface area contributed by atoms with E-state index in [-0.39, 0.29) is 18.4 Å². The fraction of sp³-hybridized carbons (Fsp3) is 0.185. The molecule has 0 radical (unpaired) electrons. The molecule has 1 heterocycles. The quantitative estimate of drug-likeness (QED) is 0.371. The van der Waals surface area contributed by atoms with Crippen LogP contribution in [0.25, 0.3) is 22.0 Å². The number of aromatic nitrogens is 2. The van der Waals surface area contributed by atoms with E-state index >= 15 is 0 Å². The van der Waals surface area contributed by atoms with Crippen molar-refractivity contribution < 1.29 is 9.59 Å². The van der Waals surface area contributed by atoms with E-state index in [0.29, 0.717) is 22.7 Å².